The predicted molar refractivity (Wildman–Crippen MR) is 45.4 cm³/mol. The molecule has 1 radical (unpaired) electrons. The van der Waals surface area contributed by atoms with Crippen LogP contribution >= 0.6 is 11.3 Å². The molecule has 2 rings (SSSR count). The van der Waals surface area contributed by atoms with Gasteiger partial charge in [-0.2, -0.15) is 0 Å². The average Bonchev–Trinajstić information content (AvgIpc) is 2.34. The van der Waals surface area contributed by atoms with Gasteiger partial charge in [0.05, 0.1) is 5.38 Å². The highest BCUT2D eigenvalue weighted by atomic mass is 32.1. The lowest BCUT2D eigenvalue weighted by atomic mass is 10.2. The molecule has 0 amide bonds. The lowest BCUT2D eigenvalue weighted by Crippen LogP contribution is -1.74. The summed E-state index contributed by atoms with van der Waals surface area (Å²) >= 11 is 1.47. The third-order valence-electron chi connectivity index (χ3n) is 1.68. The lowest BCUT2D eigenvalue weighted by molar-refractivity contribution is 0.640. The van der Waals surface area contributed by atoms with Crippen LogP contribution in [0.2, 0.25) is 0 Å². The van der Waals surface area contributed by atoms with E-state index in [1.165, 1.54) is 17.4 Å². The highest BCUT2D eigenvalue weighted by Gasteiger charge is 2.04. The van der Waals surface area contributed by atoms with Gasteiger partial charge in [-0.25, -0.2) is 4.39 Å². The maximum atomic E-state index is 13.1. The summed E-state index contributed by atoms with van der Waals surface area (Å²) < 4.78 is 13.1. The van der Waals surface area contributed by atoms with Gasteiger partial charge in [0.15, 0.2) is 0 Å². The molecule has 0 unspecified atom stereocenters. The number of hydrogen-bond donors (Lipinski definition) is 0. The van der Waals surface area contributed by atoms with Crippen LogP contribution in [0.15, 0.2) is 18.2 Å². The third-order valence-corrected chi connectivity index (χ3v) is 2.51. The van der Waals surface area contributed by atoms with E-state index < -0.39 is 0 Å². The first kappa shape index (κ1) is 6.80. The monoisotopic (exact) mass is 165 g/mol. The number of thiophene rings is 1. The van der Waals surface area contributed by atoms with Gasteiger partial charge in [-0.1, -0.05) is 12.1 Å². The Morgan fingerprint density at radius 1 is 1.45 bits per heavy atom. The van der Waals surface area contributed by atoms with Crippen LogP contribution in [0.5, 0.6) is 0 Å². The summed E-state index contributed by atoms with van der Waals surface area (Å²) in [4.78, 5) is 0.998. The minimum atomic E-state index is -0.141. The molecule has 11 heavy (non-hydrogen) atoms. The number of benzene rings is 1. The van der Waals surface area contributed by atoms with E-state index in [2.05, 4.69) is 5.38 Å². The molecule has 1 aromatic heterocycles. The molecule has 0 nitrogen and oxygen atoms in total. The molecule has 0 spiro atoms. The van der Waals surface area contributed by atoms with E-state index in [1.807, 2.05) is 13.0 Å². The fourth-order valence-corrected chi connectivity index (χ4v) is 1.89. The van der Waals surface area contributed by atoms with E-state index in [9.17, 15) is 4.39 Å². The van der Waals surface area contributed by atoms with E-state index in [1.54, 1.807) is 6.07 Å². The van der Waals surface area contributed by atoms with Gasteiger partial charge >= 0.3 is 0 Å². The summed E-state index contributed by atoms with van der Waals surface area (Å²) in [5.74, 6) is -0.141. The molecule has 1 aromatic carbocycles. The molecular formula is C9H6FS. The van der Waals surface area contributed by atoms with Gasteiger partial charge in [0.2, 0.25) is 0 Å². The van der Waals surface area contributed by atoms with Gasteiger partial charge in [0, 0.05) is 15.6 Å². The Morgan fingerprint density at radius 2 is 2.27 bits per heavy atom. The van der Waals surface area contributed by atoms with Crippen molar-refractivity contribution in [2.75, 3.05) is 0 Å². The van der Waals surface area contributed by atoms with Gasteiger partial charge in [0.25, 0.3) is 0 Å². The number of aryl methyl sites for hydroxylation is 1. The van der Waals surface area contributed by atoms with Crippen LogP contribution in [0.3, 0.4) is 0 Å². The number of hydrogen-bond acceptors (Lipinski definition) is 1. The first-order valence-corrected chi connectivity index (χ1v) is 4.16. The third kappa shape index (κ3) is 0.942. The van der Waals surface area contributed by atoms with E-state index in [0.29, 0.717) is 0 Å². The van der Waals surface area contributed by atoms with Crippen LogP contribution in [0.1, 0.15) is 4.88 Å². The second-order valence-electron chi connectivity index (χ2n) is 2.42. The Morgan fingerprint density at radius 3 is 3.00 bits per heavy atom. The number of halogens is 1. The summed E-state index contributed by atoms with van der Waals surface area (Å²) in [5, 5.41) is 4.63. The van der Waals surface area contributed by atoms with Gasteiger partial charge in [0.1, 0.15) is 5.82 Å². The van der Waals surface area contributed by atoms with E-state index in [4.69, 9.17) is 0 Å². The smallest absolute Gasteiger partial charge is 0.132 e. The second-order valence-corrected chi connectivity index (χ2v) is 3.44. The first-order valence-electron chi connectivity index (χ1n) is 3.34. The Bertz CT molecular complexity index is 389. The number of fused-ring (bicyclic) bond motifs is 1. The highest BCUT2D eigenvalue weighted by molar-refractivity contribution is 7.11. The quantitative estimate of drug-likeness (QED) is 0.562. The molecule has 0 saturated carbocycles. The van der Waals surface area contributed by atoms with E-state index in [-0.39, 0.29) is 5.82 Å². The topological polar surface area (TPSA) is 0 Å². The van der Waals surface area contributed by atoms with Crippen LogP contribution < -0.4 is 0 Å². The maximum absolute atomic E-state index is 13.1. The van der Waals surface area contributed by atoms with Gasteiger partial charge in [-0.15, -0.1) is 11.3 Å². The van der Waals surface area contributed by atoms with Gasteiger partial charge in [-0.3, -0.25) is 0 Å². The molecule has 0 bridgehead atoms. The molecule has 2 heteroatoms. The number of rotatable bonds is 0. The van der Waals surface area contributed by atoms with Crippen molar-refractivity contribution in [3.05, 3.63) is 34.3 Å². The molecule has 0 fully saturated rings. The summed E-state index contributed by atoms with van der Waals surface area (Å²) in [7, 11) is 0. The molecule has 0 atom stereocenters. The van der Waals surface area contributed by atoms with Crippen LogP contribution in [0.25, 0.3) is 10.8 Å². The zero-order chi connectivity index (χ0) is 7.84. The Hall–Kier alpha value is -0.890. The zero-order valence-electron chi connectivity index (χ0n) is 6.02. The van der Waals surface area contributed by atoms with Crippen LogP contribution in [0, 0.1) is 18.1 Å². The second kappa shape index (κ2) is 2.31. The summed E-state index contributed by atoms with van der Waals surface area (Å²) in [6.45, 7) is 1.91. The van der Waals surface area contributed by atoms with E-state index in [0.717, 1.165) is 15.6 Å². The molecule has 0 aliphatic rings. The van der Waals surface area contributed by atoms with Crippen LogP contribution in [0.4, 0.5) is 4.39 Å². The van der Waals surface area contributed by atoms with Crippen molar-refractivity contribution in [2.45, 2.75) is 6.92 Å². The van der Waals surface area contributed by atoms with E-state index >= 15 is 0 Å². The first-order chi connectivity index (χ1) is 5.29. The normalized spacial score (nSPS) is 10.7. The standard InChI is InChI=1S/C9H6FS/c1-6-9-7(5-11-6)3-2-4-8(9)10/h2-4H,1H3. The summed E-state index contributed by atoms with van der Waals surface area (Å²) in [6, 6.07) is 5.07. The average molecular weight is 165 g/mol. The molecule has 55 valence electrons. The van der Waals surface area contributed by atoms with Crippen molar-refractivity contribution < 1.29 is 4.39 Å². The Balaban J connectivity index is 2.96. The van der Waals surface area contributed by atoms with Crippen molar-refractivity contribution in [2.24, 2.45) is 0 Å². The van der Waals surface area contributed by atoms with Crippen molar-refractivity contribution in [1.29, 1.82) is 0 Å². The molecule has 0 aliphatic carbocycles. The predicted octanol–water partition coefficient (Wildman–Crippen LogP) is 3.15. The molecule has 0 N–H and O–H groups in total. The lowest BCUT2D eigenvalue weighted by Gasteiger charge is -1.91. The van der Waals surface area contributed by atoms with Crippen LogP contribution in [-0.2, 0) is 0 Å². The largest absolute Gasteiger partial charge is 0.206 e. The van der Waals surface area contributed by atoms with Crippen molar-refractivity contribution in [3.63, 3.8) is 0 Å². The Labute approximate surface area is 68.3 Å². The van der Waals surface area contributed by atoms with Gasteiger partial charge in [-0.05, 0) is 13.0 Å². The van der Waals surface area contributed by atoms with Gasteiger partial charge < -0.3 is 0 Å². The minimum Gasteiger partial charge on any atom is -0.206 e. The Kier molecular flexibility index (Phi) is 1.43. The maximum Gasteiger partial charge on any atom is 0.132 e. The molecule has 0 aliphatic heterocycles. The fourth-order valence-electron chi connectivity index (χ4n) is 1.15. The van der Waals surface area contributed by atoms with Crippen LogP contribution in [-0.4, -0.2) is 0 Å². The summed E-state index contributed by atoms with van der Waals surface area (Å²) in [6.07, 6.45) is 0. The molecule has 0 saturated heterocycles. The highest BCUT2D eigenvalue weighted by Crippen LogP contribution is 2.26. The zero-order valence-corrected chi connectivity index (χ0v) is 6.83. The molecule has 2 aromatic rings. The van der Waals surface area contributed by atoms with Crippen molar-refractivity contribution in [1.82, 2.24) is 0 Å². The van der Waals surface area contributed by atoms with Crippen molar-refractivity contribution in [3.8, 4) is 0 Å². The molecule has 1 heterocycles. The SMILES string of the molecule is Cc1s[c]c2cccc(F)c12. The minimum absolute atomic E-state index is 0.141. The van der Waals surface area contributed by atoms with Crippen molar-refractivity contribution >= 4 is 22.1 Å². The molecular weight excluding hydrogens is 159 g/mol. The fraction of sp³-hybridized carbons (Fsp3) is 0.111. The summed E-state index contributed by atoms with van der Waals surface area (Å²) in [5.41, 5.74) is 0.